The molecule has 0 spiro atoms. The van der Waals surface area contributed by atoms with Gasteiger partial charge in [0.2, 0.25) is 5.91 Å². The standard InChI is InChI=1S/C15H26N2O3/c18-14-10-12-3-4-13(11-14)17(12)5-1-2-15(19)16-6-8-20-9-7-16/h12-14,18H,1-11H2. The molecule has 20 heavy (non-hydrogen) atoms. The predicted molar refractivity (Wildman–Crippen MR) is 75.4 cm³/mol. The molecule has 1 amide bonds. The van der Waals surface area contributed by atoms with E-state index in [-0.39, 0.29) is 12.0 Å². The van der Waals surface area contributed by atoms with Crippen LogP contribution in [0.2, 0.25) is 0 Å². The van der Waals surface area contributed by atoms with Crippen molar-refractivity contribution in [3.05, 3.63) is 0 Å². The smallest absolute Gasteiger partial charge is 0.222 e. The number of hydrogen-bond acceptors (Lipinski definition) is 4. The number of morpholine rings is 1. The van der Waals surface area contributed by atoms with Crippen molar-refractivity contribution in [3.8, 4) is 0 Å². The zero-order chi connectivity index (χ0) is 13.9. The van der Waals surface area contributed by atoms with Crippen LogP contribution in [0.5, 0.6) is 0 Å². The average Bonchev–Trinajstić information content (AvgIpc) is 2.70. The van der Waals surface area contributed by atoms with Gasteiger partial charge in [-0.3, -0.25) is 9.69 Å². The second-order valence-electron chi connectivity index (χ2n) is 6.34. The van der Waals surface area contributed by atoms with Gasteiger partial charge >= 0.3 is 0 Å². The first-order chi connectivity index (χ1) is 9.74. The molecule has 5 nitrogen and oxygen atoms in total. The van der Waals surface area contributed by atoms with Gasteiger partial charge in [0, 0.05) is 31.6 Å². The Bertz CT molecular complexity index is 330. The van der Waals surface area contributed by atoms with Crippen LogP contribution in [0.15, 0.2) is 0 Å². The molecule has 114 valence electrons. The number of carbonyl (C=O) groups excluding carboxylic acids is 1. The number of rotatable bonds is 4. The third-order valence-corrected chi connectivity index (χ3v) is 5.03. The Hall–Kier alpha value is -0.650. The number of ether oxygens (including phenoxy) is 1. The van der Waals surface area contributed by atoms with Crippen LogP contribution in [0.4, 0.5) is 0 Å². The fourth-order valence-electron chi connectivity index (χ4n) is 3.99. The van der Waals surface area contributed by atoms with Gasteiger partial charge in [0.05, 0.1) is 19.3 Å². The third kappa shape index (κ3) is 3.15. The highest BCUT2D eigenvalue weighted by Gasteiger charge is 2.39. The summed E-state index contributed by atoms with van der Waals surface area (Å²) in [5, 5.41) is 9.79. The van der Waals surface area contributed by atoms with Gasteiger partial charge in [-0.25, -0.2) is 0 Å². The highest BCUT2D eigenvalue weighted by Crippen LogP contribution is 2.35. The van der Waals surface area contributed by atoms with Crippen LogP contribution < -0.4 is 0 Å². The Kier molecular flexibility index (Phi) is 4.58. The molecule has 5 heteroatoms. The number of piperidine rings is 1. The van der Waals surface area contributed by atoms with Gasteiger partial charge in [0.1, 0.15) is 0 Å². The maximum Gasteiger partial charge on any atom is 0.222 e. The van der Waals surface area contributed by atoms with Gasteiger partial charge in [-0.15, -0.1) is 0 Å². The van der Waals surface area contributed by atoms with Crippen molar-refractivity contribution in [3.63, 3.8) is 0 Å². The zero-order valence-corrected chi connectivity index (χ0v) is 12.2. The van der Waals surface area contributed by atoms with Crippen molar-refractivity contribution in [1.82, 2.24) is 9.80 Å². The Balaban J connectivity index is 1.40. The molecular weight excluding hydrogens is 256 g/mol. The van der Waals surface area contributed by atoms with Gasteiger partial charge in [0.15, 0.2) is 0 Å². The van der Waals surface area contributed by atoms with Gasteiger partial charge in [-0.2, -0.15) is 0 Å². The van der Waals surface area contributed by atoms with Crippen LogP contribution in [0.3, 0.4) is 0 Å². The van der Waals surface area contributed by atoms with Crippen molar-refractivity contribution in [1.29, 1.82) is 0 Å². The first-order valence-electron chi connectivity index (χ1n) is 8.03. The van der Waals surface area contributed by atoms with E-state index in [0.717, 1.165) is 38.9 Å². The molecule has 0 aliphatic carbocycles. The molecule has 3 aliphatic rings. The second-order valence-corrected chi connectivity index (χ2v) is 6.34. The van der Waals surface area contributed by atoms with E-state index >= 15 is 0 Å². The van der Waals surface area contributed by atoms with E-state index in [4.69, 9.17) is 4.74 Å². The van der Waals surface area contributed by atoms with Crippen LogP contribution in [0, 0.1) is 0 Å². The summed E-state index contributed by atoms with van der Waals surface area (Å²) < 4.78 is 5.27. The van der Waals surface area contributed by atoms with E-state index in [0.29, 0.717) is 31.7 Å². The van der Waals surface area contributed by atoms with Crippen LogP contribution >= 0.6 is 0 Å². The third-order valence-electron chi connectivity index (χ3n) is 5.03. The topological polar surface area (TPSA) is 53.0 Å². The molecule has 3 rings (SSSR count). The maximum atomic E-state index is 12.1. The zero-order valence-electron chi connectivity index (χ0n) is 12.2. The van der Waals surface area contributed by atoms with E-state index in [1.165, 1.54) is 12.8 Å². The summed E-state index contributed by atoms with van der Waals surface area (Å²) in [5.74, 6) is 0.276. The lowest BCUT2D eigenvalue weighted by molar-refractivity contribution is -0.135. The van der Waals surface area contributed by atoms with E-state index < -0.39 is 0 Å². The Morgan fingerprint density at radius 1 is 1.15 bits per heavy atom. The van der Waals surface area contributed by atoms with Crippen molar-refractivity contribution in [2.75, 3.05) is 32.8 Å². The quantitative estimate of drug-likeness (QED) is 0.821. The van der Waals surface area contributed by atoms with E-state index in [1.54, 1.807) is 0 Å². The van der Waals surface area contributed by atoms with Crippen molar-refractivity contribution >= 4 is 5.91 Å². The maximum absolute atomic E-state index is 12.1. The molecule has 0 aromatic heterocycles. The molecule has 2 atom stereocenters. The summed E-state index contributed by atoms with van der Waals surface area (Å²) in [6, 6.07) is 1.12. The molecule has 3 saturated heterocycles. The monoisotopic (exact) mass is 282 g/mol. The molecule has 0 radical (unpaired) electrons. The minimum absolute atomic E-state index is 0.0984. The number of aliphatic hydroxyl groups is 1. The highest BCUT2D eigenvalue weighted by molar-refractivity contribution is 5.76. The fraction of sp³-hybridized carbons (Fsp3) is 0.933. The van der Waals surface area contributed by atoms with Gasteiger partial charge in [-0.05, 0) is 38.6 Å². The Morgan fingerprint density at radius 2 is 1.80 bits per heavy atom. The Labute approximate surface area is 120 Å². The summed E-state index contributed by atoms with van der Waals surface area (Å²) in [5.41, 5.74) is 0. The molecule has 0 saturated carbocycles. The van der Waals surface area contributed by atoms with E-state index in [2.05, 4.69) is 4.90 Å². The normalized spacial score (nSPS) is 34.5. The summed E-state index contributed by atoms with van der Waals surface area (Å²) in [6.07, 6.45) is 5.79. The van der Waals surface area contributed by atoms with Gasteiger partial charge < -0.3 is 14.7 Å². The summed E-state index contributed by atoms with van der Waals surface area (Å²) in [6.45, 7) is 3.87. The summed E-state index contributed by atoms with van der Waals surface area (Å²) in [4.78, 5) is 16.6. The predicted octanol–water partition coefficient (Wildman–Crippen LogP) is 0.613. The molecule has 1 N–H and O–H groups in total. The van der Waals surface area contributed by atoms with E-state index in [9.17, 15) is 9.90 Å². The fourth-order valence-corrected chi connectivity index (χ4v) is 3.99. The number of aliphatic hydroxyl groups excluding tert-OH is 1. The van der Waals surface area contributed by atoms with Gasteiger partial charge in [0.25, 0.3) is 0 Å². The molecule has 2 unspecified atom stereocenters. The molecule has 3 aliphatic heterocycles. The van der Waals surface area contributed by atoms with E-state index in [1.807, 2.05) is 4.90 Å². The summed E-state index contributed by atoms with van der Waals surface area (Å²) >= 11 is 0. The lowest BCUT2D eigenvalue weighted by atomic mass is 9.99. The van der Waals surface area contributed by atoms with Crippen molar-refractivity contribution < 1.29 is 14.6 Å². The van der Waals surface area contributed by atoms with Crippen LogP contribution in [0.25, 0.3) is 0 Å². The first kappa shape index (κ1) is 14.3. The molecule has 3 fully saturated rings. The second kappa shape index (κ2) is 6.41. The summed E-state index contributed by atoms with van der Waals surface area (Å²) in [7, 11) is 0. The largest absolute Gasteiger partial charge is 0.393 e. The number of carbonyl (C=O) groups is 1. The molecule has 3 heterocycles. The number of hydrogen-bond donors (Lipinski definition) is 1. The molecule has 0 aromatic rings. The highest BCUT2D eigenvalue weighted by atomic mass is 16.5. The Morgan fingerprint density at radius 3 is 2.45 bits per heavy atom. The number of amides is 1. The van der Waals surface area contributed by atoms with Crippen LogP contribution in [0.1, 0.15) is 38.5 Å². The minimum Gasteiger partial charge on any atom is -0.393 e. The molecule has 2 bridgehead atoms. The lowest BCUT2D eigenvalue weighted by Gasteiger charge is -2.37. The molecule has 0 aromatic carbocycles. The lowest BCUT2D eigenvalue weighted by Crippen LogP contribution is -2.45. The SMILES string of the molecule is O=C(CCCN1C2CCC1CC(O)C2)N1CCOCC1. The minimum atomic E-state index is -0.0984. The number of fused-ring (bicyclic) bond motifs is 2. The molecular formula is C15H26N2O3. The van der Waals surface area contributed by atoms with Crippen molar-refractivity contribution in [2.24, 2.45) is 0 Å². The van der Waals surface area contributed by atoms with Crippen molar-refractivity contribution in [2.45, 2.75) is 56.7 Å². The van der Waals surface area contributed by atoms with Crippen LogP contribution in [-0.2, 0) is 9.53 Å². The average molecular weight is 282 g/mol. The van der Waals surface area contributed by atoms with Crippen LogP contribution in [-0.4, -0.2) is 71.8 Å². The first-order valence-corrected chi connectivity index (χ1v) is 8.03. The number of nitrogens with zero attached hydrogens (tertiary/aromatic N) is 2. The van der Waals surface area contributed by atoms with Gasteiger partial charge in [-0.1, -0.05) is 0 Å².